The minimum Gasteiger partial charge on any atom is -0.359 e. The van der Waals surface area contributed by atoms with Gasteiger partial charge in [0.25, 0.3) is 11.5 Å². The first-order valence-corrected chi connectivity index (χ1v) is 9.78. The van der Waals surface area contributed by atoms with Gasteiger partial charge in [-0.15, -0.1) is 0 Å². The molecule has 7 nitrogen and oxygen atoms in total. The summed E-state index contributed by atoms with van der Waals surface area (Å²) < 4.78 is 6.84. The standard InChI is InChI=1S/C22H20N4O3S/c1-11-6-5-7-18(12(11)2)26-21(28)16-9-8-15(10-17(16)23-22(26)30)20(27)24-19-13(3)25-29-14(19)4/h5-10H,1-4H3,(H,23,30)(H,24,27). The molecule has 4 aromatic rings. The molecule has 0 aliphatic rings. The van der Waals surface area contributed by atoms with Crippen LogP contribution in [0.2, 0.25) is 0 Å². The van der Waals surface area contributed by atoms with E-state index in [4.69, 9.17) is 16.7 Å². The lowest BCUT2D eigenvalue weighted by Crippen LogP contribution is -2.22. The predicted octanol–water partition coefficient (Wildman–Crippen LogP) is 4.52. The smallest absolute Gasteiger partial charge is 0.266 e. The van der Waals surface area contributed by atoms with E-state index in [-0.39, 0.29) is 16.2 Å². The number of aromatic amines is 1. The molecule has 2 N–H and O–H groups in total. The maximum Gasteiger partial charge on any atom is 0.266 e. The summed E-state index contributed by atoms with van der Waals surface area (Å²) in [6.45, 7) is 7.42. The zero-order chi connectivity index (χ0) is 21.6. The second-order valence-electron chi connectivity index (χ2n) is 7.20. The van der Waals surface area contributed by atoms with Gasteiger partial charge in [-0.3, -0.25) is 14.2 Å². The van der Waals surface area contributed by atoms with E-state index in [2.05, 4.69) is 15.5 Å². The van der Waals surface area contributed by atoms with Gasteiger partial charge in [0.05, 0.1) is 16.6 Å². The molecule has 4 rings (SSSR count). The van der Waals surface area contributed by atoms with Crippen LogP contribution in [0.1, 0.15) is 32.9 Å². The Morgan fingerprint density at radius 3 is 2.63 bits per heavy atom. The van der Waals surface area contributed by atoms with E-state index < -0.39 is 0 Å². The Morgan fingerprint density at radius 2 is 1.93 bits per heavy atom. The molecule has 30 heavy (non-hydrogen) atoms. The molecule has 0 aliphatic carbocycles. The number of H-pyrrole nitrogens is 1. The highest BCUT2D eigenvalue weighted by molar-refractivity contribution is 7.71. The fourth-order valence-electron chi connectivity index (χ4n) is 3.40. The molecule has 0 saturated carbocycles. The molecule has 0 unspecified atom stereocenters. The van der Waals surface area contributed by atoms with Gasteiger partial charge in [0.15, 0.2) is 10.5 Å². The molecular formula is C22H20N4O3S. The number of benzene rings is 2. The largest absolute Gasteiger partial charge is 0.359 e. The fourth-order valence-corrected chi connectivity index (χ4v) is 3.69. The normalized spacial score (nSPS) is 11.1. The predicted molar refractivity (Wildman–Crippen MR) is 118 cm³/mol. The first-order chi connectivity index (χ1) is 14.3. The summed E-state index contributed by atoms with van der Waals surface area (Å²) in [5, 5.41) is 7.08. The van der Waals surface area contributed by atoms with Gasteiger partial charge in [0.2, 0.25) is 0 Å². The van der Waals surface area contributed by atoms with Crippen molar-refractivity contribution in [2.75, 3.05) is 5.32 Å². The summed E-state index contributed by atoms with van der Waals surface area (Å²) in [5.74, 6) is 0.196. The van der Waals surface area contributed by atoms with Crippen LogP contribution in [0, 0.1) is 32.5 Å². The van der Waals surface area contributed by atoms with Crippen LogP contribution >= 0.6 is 12.2 Å². The molecule has 0 fully saturated rings. The Labute approximate surface area is 177 Å². The lowest BCUT2D eigenvalue weighted by atomic mass is 10.1. The summed E-state index contributed by atoms with van der Waals surface area (Å²) >= 11 is 5.47. The Hall–Kier alpha value is -3.52. The summed E-state index contributed by atoms with van der Waals surface area (Å²) in [5.41, 5.74) is 4.57. The van der Waals surface area contributed by atoms with E-state index in [9.17, 15) is 9.59 Å². The second-order valence-corrected chi connectivity index (χ2v) is 7.59. The van der Waals surface area contributed by atoms with Gasteiger partial charge >= 0.3 is 0 Å². The molecule has 2 heterocycles. The molecule has 0 bridgehead atoms. The van der Waals surface area contributed by atoms with Crippen LogP contribution in [-0.4, -0.2) is 20.6 Å². The summed E-state index contributed by atoms with van der Waals surface area (Å²) in [6.07, 6.45) is 0. The van der Waals surface area contributed by atoms with Crippen molar-refractivity contribution in [2.45, 2.75) is 27.7 Å². The third-order valence-corrected chi connectivity index (χ3v) is 5.53. The van der Waals surface area contributed by atoms with Crippen molar-refractivity contribution >= 4 is 34.7 Å². The maximum atomic E-state index is 13.2. The molecule has 0 spiro atoms. The maximum absolute atomic E-state index is 13.2. The van der Waals surface area contributed by atoms with Crippen molar-refractivity contribution in [1.82, 2.24) is 14.7 Å². The molecule has 0 aliphatic heterocycles. The SMILES string of the molecule is Cc1cccc(-n2c(=S)[nH]c3cc(C(=O)Nc4c(C)noc4C)ccc3c2=O)c1C. The van der Waals surface area contributed by atoms with Crippen LogP contribution in [0.25, 0.3) is 16.6 Å². The van der Waals surface area contributed by atoms with Gasteiger partial charge in [-0.2, -0.15) is 0 Å². The zero-order valence-electron chi connectivity index (χ0n) is 17.0. The average molecular weight is 420 g/mol. The van der Waals surface area contributed by atoms with Gasteiger partial charge < -0.3 is 14.8 Å². The number of fused-ring (bicyclic) bond motifs is 1. The molecule has 2 aromatic heterocycles. The number of amides is 1. The number of nitrogens with zero attached hydrogens (tertiary/aromatic N) is 2. The Balaban J connectivity index is 1.80. The van der Waals surface area contributed by atoms with Gasteiger partial charge in [0.1, 0.15) is 11.4 Å². The highest BCUT2D eigenvalue weighted by Gasteiger charge is 2.16. The molecular weight excluding hydrogens is 400 g/mol. The number of aryl methyl sites for hydroxylation is 3. The molecule has 152 valence electrons. The zero-order valence-corrected chi connectivity index (χ0v) is 17.8. The van der Waals surface area contributed by atoms with E-state index >= 15 is 0 Å². The van der Waals surface area contributed by atoms with Crippen LogP contribution in [0.4, 0.5) is 5.69 Å². The van der Waals surface area contributed by atoms with Crippen molar-refractivity contribution < 1.29 is 9.32 Å². The van der Waals surface area contributed by atoms with Crippen LogP contribution < -0.4 is 10.9 Å². The highest BCUT2D eigenvalue weighted by atomic mass is 32.1. The molecule has 1 amide bonds. The summed E-state index contributed by atoms with van der Waals surface area (Å²) in [7, 11) is 0. The molecule has 8 heteroatoms. The van der Waals surface area contributed by atoms with E-state index in [0.717, 1.165) is 16.8 Å². The number of rotatable bonds is 3. The third kappa shape index (κ3) is 3.25. The average Bonchev–Trinajstić information content (AvgIpc) is 3.02. The van der Waals surface area contributed by atoms with Crippen molar-refractivity contribution in [3.8, 4) is 5.69 Å². The van der Waals surface area contributed by atoms with Gasteiger partial charge in [-0.25, -0.2) is 0 Å². The topological polar surface area (TPSA) is 92.9 Å². The van der Waals surface area contributed by atoms with E-state index in [1.807, 2.05) is 32.0 Å². The first-order valence-electron chi connectivity index (χ1n) is 9.38. The summed E-state index contributed by atoms with van der Waals surface area (Å²) in [4.78, 5) is 29.0. The van der Waals surface area contributed by atoms with Gasteiger partial charge in [0, 0.05) is 5.56 Å². The summed E-state index contributed by atoms with van der Waals surface area (Å²) in [6, 6.07) is 10.6. The lowest BCUT2D eigenvalue weighted by molar-refractivity contribution is 0.102. The van der Waals surface area contributed by atoms with Gasteiger partial charge in [-0.05, 0) is 75.3 Å². The van der Waals surface area contributed by atoms with Crippen molar-refractivity contribution in [3.05, 3.63) is 79.7 Å². The first kappa shape index (κ1) is 19.8. The monoisotopic (exact) mass is 420 g/mol. The minimum atomic E-state index is -0.329. The minimum absolute atomic E-state index is 0.236. The number of carbonyl (C=O) groups is 1. The van der Waals surface area contributed by atoms with Crippen LogP contribution in [0.3, 0.4) is 0 Å². The van der Waals surface area contributed by atoms with E-state index in [1.165, 1.54) is 4.57 Å². The van der Waals surface area contributed by atoms with Crippen molar-refractivity contribution in [3.63, 3.8) is 0 Å². The molecule has 2 aromatic carbocycles. The van der Waals surface area contributed by atoms with Crippen LogP contribution in [-0.2, 0) is 0 Å². The fraction of sp³-hybridized carbons (Fsp3) is 0.182. The van der Waals surface area contributed by atoms with E-state index in [1.54, 1.807) is 32.0 Å². The Kier molecular flexibility index (Phi) is 4.87. The Bertz CT molecular complexity index is 1410. The number of hydrogen-bond donors (Lipinski definition) is 2. The van der Waals surface area contributed by atoms with E-state index in [0.29, 0.717) is 33.6 Å². The van der Waals surface area contributed by atoms with Crippen LogP contribution in [0.5, 0.6) is 0 Å². The van der Waals surface area contributed by atoms with Crippen molar-refractivity contribution in [1.29, 1.82) is 0 Å². The van der Waals surface area contributed by atoms with Crippen LogP contribution in [0.15, 0.2) is 45.7 Å². The lowest BCUT2D eigenvalue weighted by Gasteiger charge is -2.13. The Morgan fingerprint density at radius 1 is 1.17 bits per heavy atom. The number of hydrogen-bond acceptors (Lipinski definition) is 5. The number of anilines is 1. The molecule has 0 atom stereocenters. The van der Waals surface area contributed by atoms with Gasteiger partial charge in [-0.1, -0.05) is 17.3 Å². The number of carbonyl (C=O) groups excluding carboxylic acids is 1. The molecule has 0 saturated heterocycles. The number of aromatic nitrogens is 3. The third-order valence-electron chi connectivity index (χ3n) is 5.25. The number of nitrogens with one attached hydrogen (secondary N) is 2. The second kappa shape index (κ2) is 7.38. The highest BCUT2D eigenvalue weighted by Crippen LogP contribution is 2.21. The van der Waals surface area contributed by atoms with Crippen molar-refractivity contribution in [2.24, 2.45) is 0 Å². The molecule has 0 radical (unpaired) electrons. The quantitative estimate of drug-likeness (QED) is 0.475.